The Hall–Kier alpha value is -1.49. The van der Waals surface area contributed by atoms with Gasteiger partial charge in [-0.1, -0.05) is 34.1 Å². The molecule has 0 amide bonds. The highest BCUT2D eigenvalue weighted by atomic mass is 79.9. The highest BCUT2D eigenvalue weighted by molar-refractivity contribution is 9.10. The van der Waals surface area contributed by atoms with Crippen LogP contribution in [0, 0.1) is 17.5 Å². The molecule has 0 atom stereocenters. The van der Waals surface area contributed by atoms with Gasteiger partial charge in [0, 0.05) is 23.2 Å². The molecule has 0 aliphatic heterocycles. The van der Waals surface area contributed by atoms with Crippen LogP contribution in [-0.4, -0.2) is 0 Å². The van der Waals surface area contributed by atoms with Gasteiger partial charge in [-0.3, -0.25) is 0 Å². The van der Waals surface area contributed by atoms with E-state index in [0.717, 1.165) is 16.1 Å². The van der Waals surface area contributed by atoms with Crippen molar-refractivity contribution in [3.63, 3.8) is 0 Å². The Morgan fingerprint density at radius 1 is 0.944 bits per heavy atom. The molecule has 2 aromatic rings. The van der Waals surface area contributed by atoms with Crippen LogP contribution >= 0.6 is 15.9 Å². The van der Waals surface area contributed by atoms with Crippen LogP contribution in [0.25, 0.3) is 0 Å². The van der Waals surface area contributed by atoms with Crippen molar-refractivity contribution in [2.24, 2.45) is 0 Å². The third kappa shape index (κ3) is 2.85. The summed E-state index contributed by atoms with van der Waals surface area (Å²) in [6.45, 7) is 0.309. The number of rotatable bonds is 3. The fraction of sp³-hybridized carbons (Fsp3) is 0.0769. The summed E-state index contributed by atoms with van der Waals surface area (Å²) in [5, 5.41) is 2.73. The lowest BCUT2D eigenvalue weighted by atomic mass is 10.2. The monoisotopic (exact) mass is 315 g/mol. The van der Waals surface area contributed by atoms with E-state index >= 15 is 0 Å². The van der Waals surface area contributed by atoms with E-state index in [2.05, 4.69) is 21.2 Å². The van der Waals surface area contributed by atoms with Crippen LogP contribution < -0.4 is 5.32 Å². The lowest BCUT2D eigenvalue weighted by Gasteiger charge is -2.09. The average Bonchev–Trinajstić information content (AvgIpc) is 2.34. The first kappa shape index (κ1) is 13.0. The topological polar surface area (TPSA) is 12.0 Å². The summed E-state index contributed by atoms with van der Waals surface area (Å²) < 4.78 is 39.9. The van der Waals surface area contributed by atoms with E-state index in [0.29, 0.717) is 12.6 Å². The largest absolute Gasteiger partial charge is 0.378 e. The van der Waals surface area contributed by atoms with Gasteiger partial charge in [0.2, 0.25) is 0 Å². The standard InChI is InChI=1S/C13H9BrF3N/c14-9-4-2-1-3-8(9)7-18-13-6-11(16)10(15)5-12(13)17/h1-6,18H,7H2. The van der Waals surface area contributed by atoms with Crippen molar-refractivity contribution in [3.8, 4) is 0 Å². The minimum atomic E-state index is -1.20. The Labute approximate surface area is 111 Å². The van der Waals surface area contributed by atoms with E-state index in [-0.39, 0.29) is 5.69 Å². The molecule has 0 fully saturated rings. The van der Waals surface area contributed by atoms with E-state index < -0.39 is 17.5 Å². The molecule has 0 aromatic heterocycles. The quantitative estimate of drug-likeness (QED) is 0.823. The zero-order valence-corrected chi connectivity index (χ0v) is 10.8. The first-order valence-electron chi connectivity index (χ1n) is 5.20. The van der Waals surface area contributed by atoms with Gasteiger partial charge in [0.25, 0.3) is 0 Å². The van der Waals surface area contributed by atoms with Gasteiger partial charge in [0.1, 0.15) is 5.82 Å². The van der Waals surface area contributed by atoms with E-state index in [1.54, 1.807) is 0 Å². The van der Waals surface area contributed by atoms with Crippen molar-refractivity contribution in [2.45, 2.75) is 6.54 Å². The zero-order valence-electron chi connectivity index (χ0n) is 9.18. The normalized spacial score (nSPS) is 10.4. The second kappa shape index (κ2) is 5.44. The minimum Gasteiger partial charge on any atom is -0.378 e. The molecule has 1 nitrogen and oxygen atoms in total. The number of halogens is 4. The van der Waals surface area contributed by atoms with Gasteiger partial charge in [-0.25, -0.2) is 13.2 Å². The third-order valence-corrected chi connectivity index (χ3v) is 3.21. The molecular weight excluding hydrogens is 307 g/mol. The van der Waals surface area contributed by atoms with Crippen LogP contribution in [0.4, 0.5) is 18.9 Å². The van der Waals surface area contributed by atoms with Crippen LogP contribution in [0.3, 0.4) is 0 Å². The Morgan fingerprint density at radius 3 is 2.33 bits per heavy atom. The van der Waals surface area contributed by atoms with Gasteiger partial charge in [0.05, 0.1) is 5.69 Å². The second-order valence-electron chi connectivity index (χ2n) is 3.69. The summed E-state index contributed by atoms with van der Waals surface area (Å²) in [5.74, 6) is -3.09. The molecule has 2 rings (SSSR count). The molecule has 0 saturated carbocycles. The smallest absolute Gasteiger partial charge is 0.161 e. The molecule has 18 heavy (non-hydrogen) atoms. The van der Waals surface area contributed by atoms with Crippen LogP contribution in [0.15, 0.2) is 40.9 Å². The maximum absolute atomic E-state index is 13.4. The highest BCUT2D eigenvalue weighted by Crippen LogP contribution is 2.21. The summed E-state index contributed by atoms with van der Waals surface area (Å²) in [6, 6.07) is 8.71. The summed E-state index contributed by atoms with van der Waals surface area (Å²) >= 11 is 3.35. The van der Waals surface area contributed by atoms with Crippen LogP contribution in [0.2, 0.25) is 0 Å². The fourth-order valence-electron chi connectivity index (χ4n) is 1.49. The molecule has 94 valence electrons. The lowest BCUT2D eigenvalue weighted by molar-refractivity contribution is 0.496. The molecular formula is C13H9BrF3N. The number of benzene rings is 2. The van der Waals surface area contributed by atoms with Gasteiger partial charge in [-0.05, 0) is 11.6 Å². The number of hydrogen-bond acceptors (Lipinski definition) is 1. The predicted octanol–water partition coefficient (Wildman–Crippen LogP) is 4.48. The van der Waals surface area contributed by atoms with Gasteiger partial charge in [-0.2, -0.15) is 0 Å². The molecule has 2 aromatic carbocycles. The second-order valence-corrected chi connectivity index (χ2v) is 4.55. The molecule has 0 radical (unpaired) electrons. The van der Waals surface area contributed by atoms with Gasteiger partial charge < -0.3 is 5.32 Å². The molecule has 0 heterocycles. The first-order valence-corrected chi connectivity index (χ1v) is 5.99. The Kier molecular flexibility index (Phi) is 3.91. The number of anilines is 1. The SMILES string of the molecule is Fc1cc(F)c(NCc2ccccc2Br)cc1F. The Morgan fingerprint density at radius 2 is 1.61 bits per heavy atom. The molecule has 5 heteroatoms. The maximum Gasteiger partial charge on any atom is 0.161 e. The summed E-state index contributed by atoms with van der Waals surface area (Å²) in [6.07, 6.45) is 0. The van der Waals surface area contributed by atoms with E-state index in [9.17, 15) is 13.2 Å². The summed E-state index contributed by atoms with van der Waals surface area (Å²) in [4.78, 5) is 0. The van der Waals surface area contributed by atoms with Crippen molar-refractivity contribution < 1.29 is 13.2 Å². The fourth-order valence-corrected chi connectivity index (χ4v) is 1.92. The Bertz CT molecular complexity index is 572. The van der Waals surface area contributed by atoms with Gasteiger partial charge in [-0.15, -0.1) is 0 Å². The highest BCUT2D eigenvalue weighted by Gasteiger charge is 2.09. The summed E-state index contributed by atoms with van der Waals surface area (Å²) in [7, 11) is 0. The number of hydrogen-bond donors (Lipinski definition) is 1. The summed E-state index contributed by atoms with van der Waals surface area (Å²) in [5.41, 5.74) is 0.825. The molecule has 0 bridgehead atoms. The van der Waals surface area contributed by atoms with E-state index in [4.69, 9.17) is 0 Å². The zero-order chi connectivity index (χ0) is 13.1. The molecule has 1 N–H and O–H groups in total. The molecule has 0 spiro atoms. The minimum absolute atomic E-state index is 0.0651. The molecule has 0 aliphatic carbocycles. The predicted molar refractivity (Wildman–Crippen MR) is 67.8 cm³/mol. The van der Waals surface area contributed by atoms with Crippen LogP contribution in [0.1, 0.15) is 5.56 Å². The molecule has 0 aliphatic rings. The van der Waals surface area contributed by atoms with Crippen molar-refractivity contribution in [1.82, 2.24) is 0 Å². The Balaban J connectivity index is 2.16. The van der Waals surface area contributed by atoms with E-state index in [1.807, 2.05) is 24.3 Å². The van der Waals surface area contributed by atoms with Crippen molar-refractivity contribution >= 4 is 21.6 Å². The van der Waals surface area contributed by atoms with Gasteiger partial charge in [0.15, 0.2) is 11.6 Å². The van der Waals surface area contributed by atoms with Crippen LogP contribution in [0.5, 0.6) is 0 Å². The molecule has 0 saturated heterocycles. The molecule has 0 unspecified atom stereocenters. The lowest BCUT2D eigenvalue weighted by Crippen LogP contribution is -2.03. The van der Waals surface area contributed by atoms with Crippen LogP contribution in [-0.2, 0) is 6.54 Å². The van der Waals surface area contributed by atoms with Crippen molar-refractivity contribution in [1.29, 1.82) is 0 Å². The van der Waals surface area contributed by atoms with E-state index in [1.165, 1.54) is 0 Å². The maximum atomic E-state index is 13.4. The van der Waals surface area contributed by atoms with Gasteiger partial charge >= 0.3 is 0 Å². The third-order valence-electron chi connectivity index (χ3n) is 2.44. The van der Waals surface area contributed by atoms with Crippen molar-refractivity contribution in [2.75, 3.05) is 5.32 Å². The van der Waals surface area contributed by atoms with Crippen molar-refractivity contribution in [3.05, 3.63) is 63.9 Å². The first-order chi connectivity index (χ1) is 8.58. The number of nitrogens with one attached hydrogen (secondary N) is 1. The average molecular weight is 316 g/mol.